The molecular formula is C27H26FN3O3. The van der Waals surface area contributed by atoms with E-state index in [2.05, 4.69) is 4.98 Å². The number of benzene rings is 2. The highest BCUT2D eigenvalue weighted by atomic mass is 19.1. The second kappa shape index (κ2) is 8.24. The zero-order chi connectivity index (χ0) is 24.0. The van der Waals surface area contributed by atoms with Crippen LogP contribution >= 0.6 is 0 Å². The molecule has 3 aromatic rings. The number of halogens is 1. The van der Waals surface area contributed by atoms with E-state index in [0.717, 1.165) is 24.0 Å². The summed E-state index contributed by atoms with van der Waals surface area (Å²) in [5, 5.41) is 0. The molecule has 0 saturated carbocycles. The molecule has 7 heteroatoms. The smallest absolute Gasteiger partial charge is 0.256 e. The summed E-state index contributed by atoms with van der Waals surface area (Å²) in [6.07, 6.45) is 1.89. The highest BCUT2D eigenvalue weighted by Crippen LogP contribution is 2.51. The van der Waals surface area contributed by atoms with Crippen molar-refractivity contribution < 1.29 is 18.7 Å². The van der Waals surface area contributed by atoms with E-state index >= 15 is 0 Å². The number of amides is 2. The Morgan fingerprint density at radius 3 is 2.50 bits per heavy atom. The first-order valence-corrected chi connectivity index (χ1v) is 11.4. The molecule has 0 bridgehead atoms. The maximum atomic E-state index is 14.9. The van der Waals surface area contributed by atoms with E-state index in [1.807, 2.05) is 44.2 Å². The Bertz CT molecular complexity index is 1300. The van der Waals surface area contributed by atoms with Crippen LogP contribution in [0.2, 0.25) is 0 Å². The summed E-state index contributed by atoms with van der Waals surface area (Å²) in [7, 11) is 0. The van der Waals surface area contributed by atoms with E-state index in [1.165, 1.54) is 12.1 Å². The lowest BCUT2D eigenvalue weighted by atomic mass is 9.70. The topological polar surface area (TPSA) is 85.5 Å². The molecule has 3 heterocycles. The van der Waals surface area contributed by atoms with Crippen molar-refractivity contribution in [2.75, 3.05) is 13.1 Å². The van der Waals surface area contributed by atoms with Gasteiger partial charge in [0.1, 0.15) is 11.6 Å². The molecule has 0 radical (unpaired) electrons. The normalized spacial score (nSPS) is 17.0. The maximum absolute atomic E-state index is 14.9. The first-order valence-electron chi connectivity index (χ1n) is 11.4. The number of ether oxygens (including phenoxy) is 1. The zero-order valence-electron chi connectivity index (χ0n) is 19.2. The molecule has 0 aliphatic carbocycles. The Hall–Kier alpha value is -3.74. The van der Waals surface area contributed by atoms with Crippen LogP contribution in [-0.2, 0) is 4.79 Å². The molecule has 1 fully saturated rings. The average Bonchev–Trinajstić information content (AvgIpc) is 3.36. The van der Waals surface area contributed by atoms with Gasteiger partial charge in [0.2, 0.25) is 11.8 Å². The van der Waals surface area contributed by atoms with Crippen molar-refractivity contribution in [3.63, 3.8) is 0 Å². The number of pyridine rings is 1. The number of fused-ring (bicyclic) bond motifs is 2. The van der Waals surface area contributed by atoms with Crippen LogP contribution in [0, 0.1) is 11.2 Å². The lowest BCUT2D eigenvalue weighted by Crippen LogP contribution is -2.38. The number of likely N-dealkylation sites (tertiary alicyclic amines) is 1. The minimum absolute atomic E-state index is 0.0667. The summed E-state index contributed by atoms with van der Waals surface area (Å²) >= 11 is 0. The number of carbonyl (C=O) groups is 2. The molecule has 34 heavy (non-hydrogen) atoms. The fourth-order valence-electron chi connectivity index (χ4n) is 4.86. The zero-order valence-corrected chi connectivity index (χ0v) is 19.2. The molecule has 5 rings (SSSR count). The standard InChI is InChI=1S/C27H26FN3O3/c1-27(2,26(29)33)23-18-7-3-4-8-22(18)34-24-19(23)11-12-21(30-24)16-9-10-17(20(28)15-16)25(32)31-13-5-6-14-31/h3-4,7-12,15,23H,5-6,13-14H2,1-2H3,(H2,29,33)/t23-/m0/s1. The van der Waals surface area contributed by atoms with Gasteiger partial charge < -0.3 is 15.4 Å². The Morgan fingerprint density at radius 2 is 1.79 bits per heavy atom. The van der Waals surface area contributed by atoms with E-state index in [4.69, 9.17) is 10.5 Å². The number of hydrogen-bond donors (Lipinski definition) is 1. The van der Waals surface area contributed by atoms with E-state index in [-0.39, 0.29) is 17.4 Å². The summed E-state index contributed by atoms with van der Waals surface area (Å²) in [4.78, 5) is 31.3. The van der Waals surface area contributed by atoms with Gasteiger partial charge in [0.15, 0.2) is 0 Å². The lowest BCUT2D eigenvalue weighted by Gasteiger charge is -2.36. The second-order valence-electron chi connectivity index (χ2n) is 9.44. The van der Waals surface area contributed by atoms with Crippen molar-refractivity contribution in [3.05, 3.63) is 77.1 Å². The van der Waals surface area contributed by atoms with Gasteiger partial charge in [0.05, 0.1) is 16.7 Å². The third kappa shape index (κ3) is 3.61. The largest absolute Gasteiger partial charge is 0.438 e. The number of nitrogens with two attached hydrogens (primary N) is 1. The third-order valence-corrected chi connectivity index (χ3v) is 6.88. The van der Waals surface area contributed by atoms with Crippen molar-refractivity contribution in [1.29, 1.82) is 0 Å². The monoisotopic (exact) mass is 459 g/mol. The number of para-hydroxylation sites is 1. The average molecular weight is 460 g/mol. The van der Waals surface area contributed by atoms with Crippen molar-refractivity contribution in [2.24, 2.45) is 11.1 Å². The van der Waals surface area contributed by atoms with Crippen LogP contribution in [0.5, 0.6) is 11.6 Å². The molecule has 2 N–H and O–H groups in total. The predicted octanol–water partition coefficient (Wildman–Crippen LogP) is 4.87. The van der Waals surface area contributed by atoms with Gasteiger partial charge in [0.25, 0.3) is 5.91 Å². The van der Waals surface area contributed by atoms with Gasteiger partial charge in [-0.05, 0) is 37.1 Å². The number of carbonyl (C=O) groups excluding carboxylic acids is 2. The van der Waals surface area contributed by atoms with Crippen LogP contribution in [0.25, 0.3) is 11.3 Å². The number of rotatable bonds is 4. The molecule has 0 spiro atoms. The molecule has 1 aromatic heterocycles. The van der Waals surface area contributed by atoms with Gasteiger partial charge in [0, 0.05) is 35.7 Å². The fourth-order valence-corrected chi connectivity index (χ4v) is 4.86. The minimum atomic E-state index is -0.887. The summed E-state index contributed by atoms with van der Waals surface area (Å²) in [6.45, 7) is 4.94. The van der Waals surface area contributed by atoms with Gasteiger partial charge in [-0.3, -0.25) is 9.59 Å². The minimum Gasteiger partial charge on any atom is -0.438 e. The Kier molecular flexibility index (Phi) is 5.35. The first-order chi connectivity index (χ1) is 16.3. The highest BCUT2D eigenvalue weighted by molar-refractivity contribution is 5.95. The quantitative estimate of drug-likeness (QED) is 0.603. The van der Waals surface area contributed by atoms with Gasteiger partial charge >= 0.3 is 0 Å². The Labute approximate surface area is 197 Å². The predicted molar refractivity (Wildman–Crippen MR) is 126 cm³/mol. The Balaban J connectivity index is 1.53. The van der Waals surface area contributed by atoms with Crippen LogP contribution in [-0.4, -0.2) is 34.8 Å². The number of aromatic nitrogens is 1. The SMILES string of the molecule is CC(C)(C(N)=O)[C@H]1c2ccccc2Oc2nc(-c3ccc(C(=O)N4CCCC4)c(F)c3)ccc21. The molecule has 1 saturated heterocycles. The molecule has 6 nitrogen and oxygen atoms in total. The molecular weight excluding hydrogens is 433 g/mol. The molecule has 2 aliphatic rings. The number of primary amides is 1. The molecule has 174 valence electrons. The van der Waals surface area contributed by atoms with Crippen molar-refractivity contribution in [2.45, 2.75) is 32.6 Å². The van der Waals surface area contributed by atoms with Crippen LogP contribution < -0.4 is 10.5 Å². The number of hydrogen-bond acceptors (Lipinski definition) is 4. The van der Waals surface area contributed by atoms with E-state index in [0.29, 0.717) is 36.0 Å². The molecule has 2 amide bonds. The first kappa shape index (κ1) is 22.1. The summed E-state index contributed by atoms with van der Waals surface area (Å²) in [5.41, 5.74) is 7.59. The van der Waals surface area contributed by atoms with Crippen molar-refractivity contribution in [1.82, 2.24) is 9.88 Å². The molecule has 2 aromatic carbocycles. The number of nitrogens with zero attached hydrogens (tertiary/aromatic N) is 2. The van der Waals surface area contributed by atoms with E-state index < -0.39 is 17.1 Å². The molecule has 2 aliphatic heterocycles. The van der Waals surface area contributed by atoms with Crippen LogP contribution in [0.3, 0.4) is 0 Å². The summed E-state index contributed by atoms with van der Waals surface area (Å²) in [5.74, 6) is -0.664. The van der Waals surface area contributed by atoms with Crippen LogP contribution in [0.15, 0.2) is 54.6 Å². The van der Waals surface area contributed by atoms with Gasteiger partial charge in [-0.1, -0.05) is 44.2 Å². The van der Waals surface area contributed by atoms with Gasteiger partial charge in [-0.25, -0.2) is 9.37 Å². The maximum Gasteiger partial charge on any atom is 0.256 e. The van der Waals surface area contributed by atoms with Crippen molar-refractivity contribution >= 4 is 11.8 Å². The van der Waals surface area contributed by atoms with Crippen LogP contribution in [0.1, 0.15) is 54.1 Å². The van der Waals surface area contributed by atoms with Gasteiger partial charge in [-0.2, -0.15) is 0 Å². The summed E-state index contributed by atoms with van der Waals surface area (Å²) in [6, 6.07) is 15.7. The lowest BCUT2D eigenvalue weighted by molar-refractivity contribution is -0.126. The van der Waals surface area contributed by atoms with Gasteiger partial charge in [-0.15, -0.1) is 0 Å². The van der Waals surface area contributed by atoms with E-state index in [1.54, 1.807) is 17.0 Å². The third-order valence-electron chi connectivity index (χ3n) is 6.88. The van der Waals surface area contributed by atoms with E-state index in [9.17, 15) is 14.0 Å². The molecule has 0 unspecified atom stereocenters. The highest BCUT2D eigenvalue weighted by Gasteiger charge is 2.43. The Morgan fingerprint density at radius 1 is 1.06 bits per heavy atom. The van der Waals surface area contributed by atoms with Crippen molar-refractivity contribution in [3.8, 4) is 22.9 Å². The molecule has 1 atom stereocenters. The second-order valence-corrected chi connectivity index (χ2v) is 9.44. The summed E-state index contributed by atoms with van der Waals surface area (Å²) < 4.78 is 21.0. The fraction of sp³-hybridized carbons (Fsp3) is 0.296. The van der Waals surface area contributed by atoms with Crippen LogP contribution in [0.4, 0.5) is 4.39 Å².